The van der Waals surface area contributed by atoms with E-state index in [2.05, 4.69) is 0 Å². The molecule has 0 fully saturated rings. The highest BCUT2D eigenvalue weighted by Gasteiger charge is 2.24. The largest absolute Gasteiger partial charge is 0.504 e. The lowest BCUT2D eigenvalue weighted by atomic mass is 10.1. The third-order valence-corrected chi connectivity index (χ3v) is 3.43. The molecule has 1 N–H and O–H groups in total. The molecule has 2 aromatic rings. The number of hydrogen-bond acceptors (Lipinski definition) is 5. The molecule has 0 saturated carbocycles. The summed E-state index contributed by atoms with van der Waals surface area (Å²) in [6.07, 6.45) is 0.207. The predicted molar refractivity (Wildman–Crippen MR) is 88.9 cm³/mol. The number of aromatic hydroxyl groups is 1. The molecular formula is C17H19ClO5. The fourth-order valence-corrected chi connectivity index (χ4v) is 2.38. The van der Waals surface area contributed by atoms with Crippen molar-refractivity contribution >= 4 is 28.3 Å². The minimum Gasteiger partial charge on any atom is -0.504 e. The van der Waals surface area contributed by atoms with Gasteiger partial charge in [-0.25, -0.2) is 0 Å². The van der Waals surface area contributed by atoms with Gasteiger partial charge in [0.15, 0.2) is 11.5 Å². The number of phenolic OH excluding ortho intramolecular Hbond substituents is 1. The van der Waals surface area contributed by atoms with Crippen molar-refractivity contribution in [3.05, 3.63) is 23.2 Å². The van der Waals surface area contributed by atoms with Crippen LogP contribution in [-0.2, 0) is 4.79 Å². The minimum absolute atomic E-state index is 0.0711. The van der Waals surface area contributed by atoms with Crippen LogP contribution in [0.3, 0.4) is 0 Å². The Morgan fingerprint density at radius 1 is 1.04 bits per heavy atom. The van der Waals surface area contributed by atoms with Crippen molar-refractivity contribution < 1.29 is 24.1 Å². The van der Waals surface area contributed by atoms with Crippen LogP contribution >= 0.6 is 11.6 Å². The number of hydrogen-bond donors (Lipinski definition) is 1. The third kappa shape index (κ3) is 3.45. The predicted octanol–water partition coefficient (Wildman–Crippen LogP) is 4.31. The van der Waals surface area contributed by atoms with Crippen molar-refractivity contribution in [2.75, 3.05) is 13.2 Å². The lowest BCUT2D eigenvalue weighted by Crippen LogP contribution is -2.09. The van der Waals surface area contributed by atoms with E-state index in [1.807, 2.05) is 0 Å². The molecule has 0 aromatic heterocycles. The molecule has 0 aliphatic carbocycles. The molecule has 124 valence electrons. The number of halogens is 1. The van der Waals surface area contributed by atoms with Crippen LogP contribution in [0.2, 0.25) is 5.02 Å². The van der Waals surface area contributed by atoms with Gasteiger partial charge in [0.05, 0.1) is 13.2 Å². The van der Waals surface area contributed by atoms with Gasteiger partial charge in [0.25, 0.3) is 0 Å². The van der Waals surface area contributed by atoms with Gasteiger partial charge in [-0.3, -0.25) is 4.79 Å². The van der Waals surface area contributed by atoms with E-state index in [0.717, 1.165) is 0 Å². The number of benzene rings is 2. The minimum atomic E-state index is -0.416. The van der Waals surface area contributed by atoms with Gasteiger partial charge in [0.1, 0.15) is 0 Å². The Hall–Kier alpha value is -2.14. The molecule has 0 heterocycles. The highest BCUT2D eigenvalue weighted by Crippen LogP contribution is 2.51. The van der Waals surface area contributed by atoms with Gasteiger partial charge in [-0.15, -0.1) is 0 Å². The zero-order chi connectivity index (χ0) is 17.0. The quantitative estimate of drug-likeness (QED) is 0.628. The Bertz CT molecular complexity index is 727. The molecule has 0 aliphatic rings. The molecule has 0 amide bonds. The Labute approximate surface area is 139 Å². The summed E-state index contributed by atoms with van der Waals surface area (Å²) in [5.74, 6) is 0.0718. The van der Waals surface area contributed by atoms with E-state index in [-0.39, 0.29) is 29.4 Å². The number of carbonyl (C=O) groups excluding carboxylic acids is 1. The molecule has 5 nitrogen and oxygen atoms in total. The Kier molecular flexibility index (Phi) is 5.55. The number of fused-ring (bicyclic) bond motifs is 1. The standard InChI is InChI=1S/C17H19ClO5/c1-4-13(19)23-15-12-9-10(18)7-8-11(12)14(20)16(21-5-2)17(15)22-6-3/h7-9,20H,4-6H2,1-3H3. The second kappa shape index (κ2) is 7.42. The van der Waals surface area contributed by atoms with Crippen molar-refractivity contribution in [1.82, 2.24) is 0 Å². The van der Waals surface area contributed by atoms with Gasteiger partial charge >= 0.3 is 5.97 Å². The molecule has 6 heteroatoms. The van der Waals surface area contributed by atoms with E-state index in [1.54, 1.807) is 39.0 Å². The van der Waals surface area contributed by atoms with Crippen molar-refractivity contribution in [3.63, 3.8) is 0 Å². The van der Waals surface area contributed by atoms with E-state index in [0.29, 0.717) is 29.0 Å². The molecule has 23 heavy (non-hydrogen) atoms. The maximum absolute atomic E-state index is 11.8. The van der Waals surface area contributed by atoms with Crippen LogP contribution in [0.5, 0.6) is 23.0 Å². The molecule has 0 atom stereocenters. The summed E-state index contributed by atoms with van der Waals surface area (Å²) >= 11 is 6.05. The number of esters is 1. The fraction of sp³-hybridized carbons (Fsp3) is 0.353. The first-order valence-electron chi connectivity index (χ1n) is 7.47. The van der Waals surface area contributed by atoms with Gasteiger partial charge in [0, 0.05) is 22.2 Å². The third-order valence-electron chi connectivity index (χ3n) is 3.19. The number of phenols is 1. The lowest BCUT2D eigenvalue weighted by Gasteiger charge is -2.19. The maximum Gasteiger partial charge on any atom is 0.311 e. The fourth-order valence-electron chi connectivity index (χ4n) is 2.21. The van der Waals surface area contributed by atoms with E-state index in [4.69, 9.17) is 25.8 Å². The zero-order valence-electron chi connectivity index (χ0n) is 13.3. The maximum atomic E-state index is 11.8. The zero-order valence-corrected chi connectivity index (χ0v) is 14.1. The van der Waals surface area contributed by atoms with Crippen molar-refractivity contribution in [3.8, 4) is 23.0 Å². The highest BCUT2D eigenvalue weighted by atomic mass is 35.5. The second-order valence-electron chi connectivity index (χ2n) is 4.72. The first-order chi connectivity index (χ1) is 11.0. The molecule has 0 radical (unpaired) electrons. The molecular weight excluding hydrogens is 320 g/mol. The molecule has 2 rings (SSSR count). The van der Waals surface area contributed by atoms with Crippen LogP contribution < -0.4 is 14.2 Å². The molecule has 0 saturated heterocycles. The number of ether oxygens (including phenoxy) is 3. The van der Waals surface area contributed by atoms with E-state index in [9.17, 15) is 9.90 Å². The van der Waals surface area contributed by atoms with Gasteiger partial charge in [0.2, 0.25) is 11.5 Å². The molecule has 0 bridgehead atoms. The van der Waals surface area contributed by atoms with Crippen LogP contribution in [0.15, 0.2) is 18.2 Å². The van der Waals surface area contributed by atoms with Crippen LogP contribution in [0.25, 0.3) is 10.8 Å². The topological polar surface area (TPSA) is 65.0 Å². The average molecular weight is 339 g/mol. The summed E-state index contributed by atoms with van der Waals surface area (Å²) in [6, 6.07) is 4.91. The van der Waals surface area contributed by atoms with Crippen LogP contribution in [-0.4, -0.2) is 24.3 Å². The SMILES string of the molecule is CCOc1c(OCC)c(OC(=O)CC)c2cc(Cl)ccc2c1O. The van der Waals surface area contributed by atoms with Crippen LogP contribution in [0.4, 0.5) is 0 Å². The van der Waals surface area contributed by atoms with Gasteiger partial charge in [-0.05, 0) is 32.0 Å². The lowest BCUT2D eigenvalue weighted by molar-refractivity contribution is -0.134. The Balaban J connectivity index is 2.82. The summed E-state index contributed by atoms with van der Waals surface area (Å²) in [5, 5.41) is 11.9. The smallest absolute Gasteiger partial charge is 0.311 e. The van der Waals surface area contributed by atoms with Gasteiger partial charge < -0.3 is 19.3 Å². The molecule has 0 spiro atoms. The van der Waals surface area contributed by atoms with Crippen molar-refractivity contribution in [1.29, 1.82) is 0 Å². The van der Waals surface area contributed by atoms with Gasteiger partial charge in [-0.2, -0.15) is 0 Å². The first-order valence-corrected chi connectivity index (χ1v) is 7.85. The van der Waals surface area contributed by atoms with Crippen LogP contribution in [0.1, 0.15) is 27.2 Å². The normalized spacial score (nSPS) is 10.6. The summed E-state index contributed by atoms with van der Waals surface area (Å²) in [7, 11) is 0. The molecule has 0 aliphatic heterocycles. The monoisotopic (exact) mass is 338 g/mol. The first kappa shape index (κ1) is 17.2. The number of rotatable bonds is 6. The number of carbonyl (C=O) groups is 1. The van der Waals surface area contributed by atoms with Crippen LogP contribution in [0, 0.1) is 0 Å². The van der Waals surface area contributed by atoms with E-state index < -0.39 is 5.97 Å². The average Bonchev–Trinajstić information content (AvgIpc) is 2.54. The molecule has 2 aromatic carbocycles. The Morgan fingerprint density at radius 2 is 1.70 bits per heavy atom. The molecule has 0 unspecified atom stereocenters. The van der Waals surface area contributed by atoms with Crippen molar-refractivity contribution in [2.45, 2.75) is 27.2 Å². The van der Waals surface area contributed by atoms with E-state index >= 15 is 0 Å². The van der Waals surface area contributed by atoms with Crippen molar-refractivity contribution in [2.24, 2.45) is 0 Å². The summed E-state index contributed by atoms with van der Waals surface area (Å²) < 4.78 is 16.5. The summed E-state index contributed by atoms with van der Waals surface area (Å²) in [5.41, 5.74) is 0. The second-order valence-corrected chi connectivity index (χ2v) is 5.16. The Morgan fingerprint density at radius 3 is 2.30 bits per heavy atom. The van der Waals surface area contributed by atoms with E-state index in [1.165, 1.54) is 0 Å². The summed E-state index contributed by atoms with van der Waals surface area (Å²) in [4.78, 5) is 11.8. The summed E-state index contributed by atoms with van der Waals surface area (Å²) in [6.45, 7) is 5.93. The van der Waals surface area contributed by atoms with Gasteiger partial charge in [-0.1, -0.05) is 18.5 Å². The highest BCUT2D eigenvalue weighted by molar-refractivity contribution is 6.31.